The van der Waals surface area contributed by atoms with Crippen LogP contribution in [0.3, 0.4) is 0 Å². The van der Waals surface area contributed by atoms with Gasteiger partial charge in [-0.1, -0.05) is 0 Å². The zero-order chi connectivity index (χ0) is 10.8. The smallest absolute Gasteiger partial charge is 0.126 e. The van der Waals surface area contributed by atoms with Gasteiger partial charge in [0.05, 0.1) is 0 Å². The van der Waals surface area contributed by atoms with Crippen molar-refractivity contribution >= 4 is 0 Å². The van der Waals surface area contributed by atoms with Crippen molar-refractivity contribution in [1.29, 1.82) is 0 Å². The van der Waals surface area contributed by atoms with E-state index in [0.29, 0.717) is 12.2 Å². The number of nitrogens with two attached hydrogens (primary N) is 1. The highest BCUT2D eigenvalue weighted by atomic mass is 19.1. The highest BCUT2D eigenvalue weighted by Gasteiger charge is 2.25. The molecule has 2 unspecified atom stereocenters. The molecule has 0 amide bonds. The number of fused-ring (bicyclic) bond motifs is 1. The third-order valence-corrected chi connectivity index (χ3v) is 2.67. The molecule has 0 spiro atoms. The van der Waals surface area contributed by atoms with Crippen LogP contribution in [0.2, 0.25) is 0 Å². The van der Waals surface area contributed by atoms with Crippen molar-refractivity contribution < 1.29 is 15.7 Å². The molecule has 1 heterocycles. The van der Waals surface area contributed by atoms with Gasteiger partial charge in [0.1, 0.15) is 23.8 Å². The van der Waals surface area contributed by atoms with E-state index in [-0.39, 0.29) is 19.9 Å². The Morgan fingerprint density at radius 2 is 2.47 bits per heavy atom. The van der Waals surface area contributed by atoms with Crippen LogP contribution < -0.4 is 10.5 Å². The zero-order valence-electron chi connectivity index (χ0n) is 8.32. The number of aliphatic hydroxyl groups is 1. The summed E-state index contributed by atoms with van der Waals surface area (Å²) in [6.07, 6.45) is 0.472. The molecule has 84 valence electrons. The van der Waals surface area contributed by atoms with Crippen molar-refractivity contribution in [3.63, 3.8) is 0 Å². The quantitative estimate of drug-likeness (QED) is 0.773. The Hall–Kier alpha value is -1.13. The second-order valence-electron chi connectivity index (χ2n) is 3.75. The third kappa shape index (κ3) is 2.11. The number of aryl methyl sites for hydroxylation is 1. The van der Waals surface area contributed by atoms with Crippen LogP contribution in [0.1, 0.15) is 13.4 Å². The van der Waals surface area contributed by atoms with E-state index < -0.39 is 6.10 Å². The molecule has 0 saturated carbocycles. The number of benzene rings is 1. The van der Waals surface area contributed by atoms with E-state index in [1.165, 1.54) is 12.1 Å². The summed E-state index contributed by atoms with van der Waals surface area (Å²) in [5, 5.41) is 9.54. The second kappa shape index (κ2) is 4.16. The number of aliphatic hydroxyl groups excluding tert-OH is 1. The minimum absolute atomic E-state index is 0. The molecular formula is C11H16FNO2. The summed E-state index contributed by atoms with van der Waals surface area (Å²) in [7, 11) is 0. The topological polar surface area (TPSA) is 55.5 Å². The van der Waals surface area contributed by atoms with Gasteiger partial charge in [0.2, 0.25) is 0 Å². The van der Waals surface area contributed by atoms with E-state index in [0.717, 1.165) is 12.0 Å². The molecule has 1 aromatic rings. The maximum Gasteiger partial charge on any atom is 0.126 e. The Morgan fingerprint density at radius 3 is 3.20 bits per heavy atom. The van der Waals surface area contributed by atoms with E-state index in [1.807, 2.05) is 0 Å². The first-order valence-corrected chi connectivity index (χ1v) is 5.04. The van der Waals surface area contributed by atoms with E-state index >= 15 is 0 Å². The van der Waals surface area contributed by atoms with Crippen LogP contribution in [-0.2, 0) is 6.42 Å². The van der Waals surface area contributed by atoms with Gasteiger partial charge in [0.25, 0.3) is 0 Å². The van der Waals surface area contributed by atoms with Crippen molar-refractivity contribution in [1.82, 2.24) is 0 Å². The number of halogens is 1. The predicted octanol–water partition coefficient (Wildman–Crippen LogP) is 1.08. The van der Waals surface area contributed by atoms with Crippen molar-refractivity contribution in [3.8, 4) is 5.75 Å². The van der Waals surface area contributed by atoms with Gasteiger partial charge in [0, 0.05) is 7.97 Å². The van der Waals surface area contributed by atoms with Crippen LogP contribution in [0, 0.1) is 5.82 Å². The third-order valence-electron chi connectivity index (χ3n) is 2.67. The summed E-state index contributed by atoms with van der Waals surface area (Å²) in [4.78, 5) is 0. The molecule has 0 bridgehead atoms. The molecule has 0 aromatic heterocycles. The molecule has 3 nitrogen and oxygen atoms in total. The lowest BCUT2D eigenvalue weighted by Crippen LogP contribution is -2.39. The number of rotatable bonds is 2. The lowest BCUT2D eigenvalue weighted by atomic mass is 9.99. The predicted molar refractivity (Wildman–Crippen MR) is 56.3 cm³/mol. The normalized spacial score (nSPS) is 21.7. The molecular weight excluding hydrogens is 197 g/mol. The molecule has 1 aromatic carbocycles. The Balaban J connectivity index is 0.00000128. The molecule has 15 heavy (non-hydrogen) atoms. The first-order chi connectivity index (χ1) is 7.20. The zero-order valence-corrected chi connectivity index (χ0v) is 8.32. The SMILES string of the molecule is NCC(O)C1CCc2cc(F)ccc2O1.[HH]. The lowest BCUT2D eigenvalue weighted by Gasteiger charge is -2.28. The molecule has 3 N–H and O–H groups in total. The van der Waals surface area contributed by atoms with Crippen LogP contribution in [0.25, 0.3) is 0 Å². The highest BCUT2D eigenvalue weighted by molar-refractivity contribution is 5.35. The van der Waals surface area contributed by atoms with Crippen LogP contribution >= 0.6 is 0 Å². The summed E-state index contributed by atoms with van der Waals surface area (Å²) in [6, 6.07) is 4.43. The molecule has 0 fully saturated rings. The van der Waals surface area contributed by atoms with Gasteiger partial charge in [-0.15, -0.1) is 0 Å². The Bertz CT molecular complexity index is 362. The molecule has 4 heteroatoms. The van der Waals surface area contributed by atoms with E-state index in [4.69, 9.17) is 10.5 Å². The van der Waals surface area contributed by atoms with Crippen LogP contribution in [0.4, 0.5) is 4.39 Å². The van der Waals surface area contributed by atoms with Gasteiger partial charge in [-0.2, -0.15) is 0 Å². The highest BCUT2D eigenvalue weighted by Crippen LogP contribution is 2.29. The summed E-state index contributed by atoms with van der Waals surface area (Å²) < 4.78 is 18.4. The molecule has 0 radical (unpaired) electrons. The van der Waals surface area contributed by atoms with Crippen LogP contribution in [0.15, 0.2) is 18.2 Å². The first-order valence-electron chi connectivity index (χ1n) is 5.04. The van der Waals surface area contributed by atoms with Crippen LogP contribution in [-0.4, -0.2) is 23.9 Å². The summed E-state index contributed by atoms with van der Waals surface area (Å²) in [6.45, 7) is 0.182. The summed E-state index contributed by atoms with van der Waals surface area (Å²) in [5.41, 5.74) is 6.21. The molecule has 0 aliphatic carbocycles. The largest absolute Gasteiger partial charge is 0.487 e. The maximum absolute atomic E-state index is 12.9. The fourth-order valence-corrected chi connectivity index (χ4v) is 1.80. The van der Waals surface area contributed by atoms with Gasteiger partial charge in [-0.3, -0.25) is 0 Å². The van der Waals surface area contributed by atoms with Crippen molar-refractivity contribution in [2.24, 2.45) is 5.73 Å². The summed E-state index contributed by atoms with van der Waals surface area (Å²) >= 11 is 0. The lowest BCUT2D eigenvalue weighted by molar-refractivity contribution is 0.0296. The first kappa shape index (κ1) is 10.4. The number of ether oxygens (including phenoxy) is 1. The van der Waals surface area contributed by atoms with Crippen molar-refractivity contribution in [3.05, 3.63) is 29.6 Å². The molecule has 2 atom stereocenters. The average Bonchev–Trinajstić information content (AvgIpc) is 2.27. The Labute approximate surface area is 89.1 Å². The monoisotopic (exact) mass is 213 g/mol. The molecule has 1 aliphatic rings. The number of hydrogen-bond donors (Lipinski definition) is 2. The maximum atomic E-state index is 12.9. The fourth-order valence-electron chi connectivity index (χ4n) is 1.80. The van der Waals surface area contributed by atoms with Gasteiger partial charge in [0.15, 0.2) is 0 Å². The van der Waals surface area contributed by atoms with Crippen molar-refractivity contribution in [2.75, 3.05) is 6.54 Å². The van der Waals surface area contributed by atoms with Gasteiger partial charge in [-0.05, 0) is 36.6 Å². The van der Waals surface area contributed by atoms with E-state index in [9.17, 15) is 9.50 Å². The van der Waals surface area contributed by atoms with Gasteiger partial charge < -0.3 is 15.6 Å². The van der Waals surface area contributed by atoms with Crippen LogP contribution in [0.5, 0.6) is 5.75 Å². The second-order valence-corrected chi connectivity index (χ2v) is 3.75. The molecule has 2 rings (SSSR count). The Kier molecular flexibility index (Phi) is 2.88. The number of hydrogen-bond acceptors (Lipinski definition) is 3. The minimum Gasteiger partial charge on any atom is -0.487 e. The van der Waals surface area contributed by atoms with E-state index in [2.05, 4.69) is 0 Å². The summed E-state index contributed by atoms with van der Waals surface area (Å²) in [5.74, 6) is 0.398. The molecule has 1 aliphatic heterocycles. The van der Waals surface area contributed by atoms with E-state index in [1.54, 1.807) is 6.07 Å². The van der Waals surface area contributed by atoms with Crippen molar-refractivity contribution in [2.45, 2.75) is 25.0 Å². The standard InChI is InChI=1S/C11H14FNO2.H2/c12-8-2-4-10-7(5-8)1-3-11(15-10)9(14)6-13;/h2,4-5,9,11,14H,1,3,6,13H2;1H. The minimum atomic E-state index is -0.650. The molecule has 0 saturated heterocycles. The van der Waals surface area contributed by atoms with Gasteiger partial charge >= 0.3 is 0 Å². The fraction of sp³-hybridized carbons (Fsp3) is 0.455. The Morgan fingerprint density at radius 1 is 1.67 bits per heavy atom. The van der Waals surface area contributed by atoms with Gasteiger partial charge in [-0.25, -0.2) is 4.39 Å². The average molecular weight is 213 g/mol.